The summed E-state index contributed by atoms with van der Waals surface area (Å²) in [4.78, 5) is 13.2. The summed E-state index contributed by atoms with van der Waals surface area (Å²) in [6.07, 6.45) is 2.84. The smallest absolute Gasteiger partial charge is 0.323 e. The van der Waals surface area contributed by atoms with Crippen molar-refractivity contribution in [2.24, 2.45) is 0 Å². The first-order valence-electron chi connectivity index (χ1n) is 5.06. The number of unbranched alkanes of at least 4 members (excludes halogenated alkanes) is 1. The zero-order valence-corrected chi connectivity index (χ0v) is 9.32. The molecule has 4 nitrogen and oxygen atoms in total. The molecule has 4 heteroatoms. The highest BCUT2D eigenvalue weighted by Gasteiger charge is 2.22. The molecule has 1 N–H and O–H groups in total. The van der Waals surface area contributed by atoms with Crippen LogP contribution in [0.3, 0.4) is 0 Å². The zero-order chi connectivity index (χ0) is 11.0. The van der Waals surface area contributed by atoms with Gasteiger partial charge in [-0.2, -0.15) is 0 Å². The molecule has 0 heterocycles. The van der Waals surface area contributed by atoms with E-state index in [1.807, 2.05) is 11.9 Å². The number of carbonyl (C=O) groups excluding carboxylic acids is 1. The van der Waals surface area contributed by atoms with Crippen LogP contribution in [0, 0.1) is 0 Å². The number of methoxy groups -OCH3 is 1. The molecule has 0 fully saturated rings. The first kappa shape index (κ1) is 13.4. The monoisotopic (exact) mass is 203 g/mol. The van der Waals surface area contributed by atoms with E-state index >= 15 is 0 Å². The largest absolute Gasteiger partial charge is 0.468 e. The molecule has 84 valence electrons. The quantitative estimate of drug-likeness (QED) is 0.617. The van der Waals surface area contributed by atoms with Crippen LogP contribution in [-0.4, -0.2) is 49.3 Å². The molecular weight excluding hydrogens is 182 g/mol. The van der Waals surface area contributed by atoms with Crippen LogP contribution in [-0.2, 0) is 9.53 Å². The van der Waals surface area contributed by atoms with E-state index in [4.69, 9.17) is 9.84 Å². The number of likely N-dealkylation sites (N-methyl/N-ethyl adjacent to an activating group) is 1. The molecule has 0 aliphatic rings. The highest BCUT2D eigenvalue weighted by molar-refractivity contribution is 5.75. The molecule has 1 unspecified atom stereocenters. The highest BCUT2D eigenvalue weighted by atomic mass is 16.5. The maximum absolute atomic E-state index is 11.4. The van der Waals surface area contributed by atoms with Gasteiger partial charge in [0.2, 0.25) is 0 Å². The Bertz CT molecular complexity index is 161. The summed E-state index contributed by atoms with van der Waals surface area (Å²) in [6.45, 7) is 2.65. The lowest BCUT2D eigenvalue weighted by atomic mass is 10.1. The Kier molecular flexibility index (Phi) is 7.42. The number of esters is 1. The molecule has 0 aromatic rings. The maximum Gasteiger partial charge on any atom is 0.323 e. The van der Waals surface area contributed by atoms with Crippen molar-refractivity contribution in [3.63, 3.8) is 0 Å². The van der Waals surface area contributed by atoms with Crippen LogP contribution >= 0.6 is 0 Å². The molecular formula is C10H21NO3. The number of aliphatic hydroxyl groups is 1. The van der Waals surface area contributed by atoms with Crippen LogP contribution in [0.25, 0.3) is 0 Å². The Labute approximate surface area is 85.9 Å². The third-order valence-electron chi connectivity index (χ3n) is 2.29. The van der Waals surface area contributed by atoms with E-state index < -0.39 is 0 Å². The molecule has 0 aromatic carbocycles. The SMILES string of the molecule is CCCCC(C(=O)OC)N(C)CCO. The van der Waals surface area contributed by atoms with Crippen molar-refractivity contribution >= 4 is 5.97 Å². The van der Waals surface area contributed by atoms with Crippen LogP contribution in [0.1, 0.15) is 26.2 Å². The van der Waals surface area contributed by atoms with Crippen molar-refractivity contribution in [2.45, 2.75) is 32.2 Å². The minimum atomic E-state index is -0.216. The van der Waals surface area contributed by atoms with E-state index in [9.17, 15) is 4.79 Å². The van der Waals surface area contributed by atoms with E-state index in [1.54, 1.807) is 0 Å². The number of nitrogens with zero attached hydrogens (tertiary/aromatic N) is 1. The van der Waals surface area contributed by atoms with Crippen LogP contribution in [0.2, 0.25) is 0 Å². The van der Waals surface area contributed by atoms with Crippen molar-refractivity contribution < 1.29 is 14.6 Å². The van der Waals surface area contributed by atoms with E-state index in [-0.39, 0.29) is 18.6 Å². The highest BCUT2D eigenvalue weighted by Crippen LogP contribution is 2.08. The van der Waals surface area contributed by atoms with Gasteiger partial charge >= 0.3 is 5.97 Å². The van der Waals surface area contributed by atoms with Gasteiger partial charge in [-0.15, -0.1) is 0 Å². The third kappa shape index (κ3) is 4.58. The number of carbonyl (C=O) groups is 1. The summed E-state index contributed by atoms with van der Waals surface area (Å²) in [6, 6.07) is -0.216. The lowest BCUT2D eigenvalue weighted by Gasteiger charge is -2.24. The number of rotatable bonds is 7. The van der Waals surface area contributed by atoms with Gasteiger partial charge in [-0.25, -0.2) is 0 Å². The average molecular weight is 203 g/mol. The number of hydrogen-bond acceptors (Lipinski definition) is 4. The molecule has 0 bridgehead atoms. The zero-order valence-electron chi connectivity index (χ0n) is 9.32. The number of hydrogen-bond donors (Lipinski definition) is 1. The second-order valence-electron chi connectivity index (χ2n) is 3.39. The van der Waals surface area contributed by atoms with Crippen LogP contribution in [0.15, 0.2) is 0 Å². The van der Waals surface area contributed by atoms with Crippen LogP contribution < -0.4 is 0 Å². The van der Waals surface area contributed by atoms with E-state index in [0.717, 1.165) is 19.3 Å². The first-order chi connectivity index (χ1) is 6.67. The normalized spacial score (nSPS) is 12.9. The van der Waals surface area contributed by atoms with Gasteiger partial charge in [0, 0.05) is 6.54 Å². The van der Waals surface area contributed by atoms with Crippen molar-refractivity contribution in [3.8, 4) is 0 Å². The Morgan fingerprint density at radius 2 is 2.21 bits per heavy atom. The molecule has 14 heavy (non-hydrogen) atoms. The van der Waals surface area contributed by atoms with Crippen LogP contribution in [0.5, 0.6) is 0 Å². The Balaban J connectivity index is 4.14. The fraction of sp³-hybridized carbons (Fsp3) is 0.900. The fourth-order valence-corrected chi connectivity index (χ4v) is 1.37. The van der Waals surface area contributed by atoms with Gasteiger partial charge in [-0.1, -0.05) is 19.8 Å². The summed E-state index contributed by atoms with van der Waals surface area (Å²) in [7, 11) is 3.22. The summed E-state index contributed by atoms with van der Waals surface area (Å²) < 4.78 is 4.71. The van der Waals surface area contributed by atoms with Gasteiger partial charge in [0.05, 0.1) is 13.7 Å². The standard InChI is InChI=1S/C10H21NO3/c1-4-5-6-9(10(13)14-3)11(2)7-8-12/h9,12H,4-8H2,1-3H3. The minimum absolute atomic E-state index is 0.0656. The minimum Gasteiger partial charge on any atom is -0.468 e. The van der Waals surface area contributed by atoms with Crippen molar-refractivity contribution in [2.75, 3.05) is 27.3 Å². The first-order valence-corrected chi connectivity index (χ1v) is 5.06. The fourth-order valence-electron chi connectivity index (χ4n) is 1.37. The molecule has 0 saturated heterocycles. The molecule has 0 rings (SSSR count). The second-order valence-corrected chi connectivity index (χ2v) is 3.39. The molecule has 0 radical (unpaired) electrons. The van der Waals surface area contributed by atoms with Crippen molar-refractivity contribution in [1.82, 2.24) is 4.90 Å². The molecule has 1 atom stereocenters. The number of ether oxygens (including phenoxy) is 1. The summed E-state index contributed by atoms with van der Waals surface area (Å²) in [5.41, 5.74) is 0. The predicted molar refractivity (Wildman–Crippen MR) is 55.0 cm³/mol. The van der Waals surface area contributed by atoms with Gasteiger partial charge < -0.3 is 9.84 Å². The van der Waals surface area contributed by atoms with Crippen molar-refractivity contribution in [3.05, 3.63) is 0 Å². The van der Waals surface area contributed by atoms with Crippen LogP contribution in [0.4, 0.5) is 0 Å². The Morgan fingerprint density at radius 1 is 1.57 bits per heavy atom. The molecule has 0 aliphatic heterocycles. The second kappa shape index (κ2) is 7.76. The molecule has 0 aliphatic carbocycles. The maximum atomic E-state index is 11.4. The summed E-state index contributed by atoms with van der Waals surface area (Å²) in [5, 5.41) is 8.77. The van der Waals surface area contributed by atoms with Gasteiger partial charge in [0.1, 0.15) is 6.04 Å². The molecule has 0 saturated carbocycles. The van der Waals surface area contributed by atoms with E-state index in [1.165, 1.54) is 7.11 Å². The lowest BCUT2D eigenvalue weighted by molar-refractivity contribution is -0.146. The van der Waals surface area contributed by atoms with Gasteiger partial charge in [0.15, 0.2) is 0 Å². The van der Waals surface area contributed by atoms with Gasteiger partial charge in [-0.3, -0.25) is 9.69 Å². The number of aliphatic hydroxyl groups excluding tert-OH is 1. The Hall–Kier alpha value is -0.610. The topological polar surface area (TPSA) is 49.8 Å². The summed E-state index contributed by atoms with van der Waals surface area (Å²) in [5.74, 6) is -0.214. The van der Waals surface area contributed by atoms with E-state index in [0.29, 0.717) is 6.54 Å². The molecule has 0 spiro atoms. The van der Waals surface area contributed by atoms with E-state index in [2.05, 4.69) is 6.92 Å². The third-order valence-corrected chi connectivity index (χ3v) is 2.29. The van der Waals surface area contributed by atoms with Gasteiger partial charge in [0.25, 0.3) is 0 Å². The lowest BCUT2D eigenvalue weighted by Crippen LogP contribution is -2.40. The molecule has 0 amide bonds. The van der Waals surface area contributed by atoms with Gasteiger partial charge in [-0.05, 0) is 13.5 Å². The molecule has 0 aromatic heterocycles. The van der Waals surface area contributed by atoms with Crippen molar-refractivity contribution in [1.29, 1.82) is 0 Å². The predicted octanol–water partition coefficient (Wildman–Crippen LogP) is 0.642. The average Bonchev–Trinajstić information content (AvgIpc) is 2.18. The summed E-state index contributed by atoms with van der Waals surface area (Å²) >= 11 is 0. The Morgan fingerprint density at radius 3 is 2.64 bits per heavy atom.